The maximum absolute atomic E-state index is 11.8. The zero-order valence-corrected chi connectivity index (χ0v) is 13.6. The fourth-order valence-electron chi connectivity index (χ4n) is 2.11. The molecule has 0 radical (unpaired) electrons. The van der Waals surface area contributed by atoms with Gasteiger partial charge in [0, 0.05) is 11.3 Å². The second kappa shape index (κ2) is 5.80. The number of H-pyrrole nitrogens is 1. The summed E-state index contributed by atoms with van der Waals surface area (Å²) < 4.78 is 5.21. The number of carbonyl (C=O) groups excluding carboxylic acids is 1. The summed E-state index contributed by atoms with van der Waals surface area (Å²) in [6, 6.07) is 7.21. The van der Waals surface area contributed by atoms with Crippen LogP contribution in [0.1, 0.15) is 20.8 Å². The van der Waals surface area contributed by atoms with Crippen molar-refractivity contribution in [2.75, 3.05) is 11.1 Å². The van der Waals surface area contributed by atoms with Crippen molar-refractivity contribution in [2.45, 2.75) is 26.4 Å². The van der Waals surface area contributed by atoms with Crippen LogP contribution in [0.2, 0.25) is 0 Å². The fourth-order valence-corrected chi connectivity index (χ4v) is 2.11. The zero-order valence-electron chi connectivity index (χ0n) is 13.6. The molecule has 124 valence electrons. The van der Waals surface area contributed by atoms with E-state index >= 15 is 0 Å². The maximum Gasteiger partial charge on any atom is 0.412 e. The van der Waals surface area contributed by atoms with Gasteiger partial charge >= 0.3 is 6.09 Å². The van der Waals surface area contributed by atoms with Crippen molar-refractivity contribution in [2.24, 2.45) is 0 Å². The first-order chi connectivity index (χ1) is 11.3. The van der Waals surface area contributed by atoms with Gasteiger partial charge in [-0.2, -0.15) is 5.10 Å². The van der Waals surface area contributed by atoms with E-state index in [0.717, 1.165) is 5.56 Å². The molecule has 0 aliphatic rings. The number of carbonyl (C=O) groups is 1. The minimum Gasteiger partial charge on any atom is -0.444 e. The van der Waals surface area contributed by atoms with E-state index in [2.05, 4.69) is 25.5 Å². The Morgan fingerprint density at radius 2 is 1.96 bits per heavy atom. The molecule has 0 spiro atoms. The van der Waals surface area contributed by atoms with E-state index in [1.807, 2.05) is 32.9 Å². The summed E-state index contributed by atoms with van der Waals surface area (Å²) in [5.74, 6) is 0.320. The fraction of sp³-hybridized carbons (Fsp3) is 0.250. The Balaban J connectivity index is 1.77. The number of nitrogens with two attached hydrogens (primary N) is 1. The highest BCUT2D eigenvalue weighted by molar-refractivity contribution is 5.86. The molecule has 0 atom stereocenters. The molecule has 24 heavy (non-hydrogen) atoms. The first-order valence-electron chi connectivity index (χ1n) is 7.39. The number of benzene rings is 1. The molecule has 1 aromatic carbocycles. The van der Waals surface area contributed by atoms with Crippen molar-refractivity contribution in [1.29, 1.82) is 0 Å². The number of ether oxygens (including phenoxy) is 1. The van der Waals surface area contributed by atoms with Gasteiger partial charge in [-0.3, -0.25) is 10.4 Å². The van der Waals surface area contributed by atoms with Gasteiger partial charge in [-0.05, 0) is 32.9 Å². The van der Waals surface area contributed by atoms with Crippen LogP contribution in [-0.2, 0) is 4.74 Å². The molecule has 0 unspecified atom stereocenters. The number of rotatable bonds is 2. The summed E-state index contributed by atoms with van der Waals surface area (Å²) in [6.45, 7) is 5.44. The Kier molecular flexibility index (Phi) is 3.80. The second-order valence-electron chi connectivity index (χ2n) is 6.27. The maximum atomic E-state index is 11.8. The average Bonchev–Trinajstić information content (AvgIpc) is 2.87. The third kappa shape index (κ3) is 3.43. The molecule has 0 bridgehead atoms. The van der Waals surface area contributed by atoms with E-state index in [1.165, 1.54) is 0 Å². The zero-order chi connectivity index (χ0) is 17.3. The molecule has 2 aromatic heterocycles. The molecule has 2 heterocycles. The molecule has 3 rings (SSSR count). The molecular formula is C16H18N6O2. The Morgan fingerprint density at radius 1 is 1.25 bits per heavy atom. The molecule has 0 saturated carbocycles. The Hall–Kier alpha value is -3.16. The summed E-state index contributed by atoms with van der Waals surface area (Å²) in [5.41, 5.74) is 8.37. The van der Waals surface area contributed by atoms with Crippen LogP contribution >= 0.6 is 0 Å². The van der Waals surface area contributed by atoms with Gasteiger partial charge in [-0.1, -0.05) is 12.1 Å². The lowest BCUT2D eigenvalue weighted by molar-refractivity contribution is 0.0636. The number of fused-ring (bicyclic) bond motifs is 1. The minimum atomic E-state index is -0.541. The molecule has 3 aromatic rings. The van der Waals surface area contributed by atoms with E-state index in [1.54, 1.807) is 18.3 Å². The molecule has 8 heteroatoms. The quantitative estimate of drug-likeness (QED) is 0.666. The highest BCUT2D eigenvalue weighted by Gasteiger charge is 2.16. The smallest absolute Gasteiger partial charge is 0.412 e. The third-order valence-corrected chi connectivity index (χ3v) is 3.12. The van der Waals surface area contributed by atoms with Crippen LogP contribution in [0.3, 0.4) is 0 Å². The van der Waals surface area contributed by atoms with Gasteiger partial charge in [0.15, 0.2) is 17.0 Å². The van der Waals surface area contributed by atoms with Crippen LogP contribution in [0.5, 0.6) is 0 Å². The number of aromatic nitrogens is 4. The lowest BCUT2D eigenvalue weighted by atomic mass is 10.1. The van der Waals surface area contributed by atoms with E-state index < -0.39 is 11.7 Å². The Labute approximate surface area is 138 Å². The highest BCUT2D eigenvalue weighted by atomic mass is 16.6. The van der Waals surface area contributed by atoms with Gasteiger partial charge in [0.25, 0.3) is 0 Å². The number of hydrogen-bond donors (Lipinski definition) is 3. The van der Waals surface area contributed by atoms with Gasteiger partial charge in [-0.15, -0.1) is 0 Å². The van der Waals surface area contributed by atoms with Gasteiger partial charge in [-0.25, -0.2) is 14.8 Å². The van der Waals surface area contributed by atoms with E-state index in [4.69, 9.17) is 10.5 Å². The standard InChI is InChI=1S/C16H18N6O2/c1-16(2,3)24-15(23)19-10-6-4-9(5-7-10)11-8-18-12-13(17)21-22-14(12)20-11/h4-8H,1-3H3,(H,19,23)(H3,17,20,21,22). The number of nitrogen functional groups attached to an aromatic ring is 1. The predicted octanol–water partition coefficient (Wildman–Crippen LogP) is 2.95. The first-order valence-corrected chi connectivity index (χ1v) is 7.39. The molecule has 8 nitrogen and oxygen atoms in total. The molecule has 4 N–H and O–H groups in total. The summed E-state index contributed by atoms with van der Waals surface area (Å²) in [6.07, 6.45) is 1.13. The first kappa shape index (κ1) is 15.7. The molecule has 0 aliphatic carbocycles. The van der Waals surface area contributed by atoms with Crippen molar-refractivity contribution in [3.8, 4) is 11.3 Å². The van der Waals surface area contributed by atoms with Crippen LogP contribution in [0.4, 0.5) is 16.3 Å². The van der Waals surface area contributed by atoms with Crippen LogP contribution in [-0.4, -0.2) is 31.9 Å². The molecule has 1 amide bonds. The molecular weight excluding hydrogens is 308 g/mol. The number of hydrogen-bond acceptors (Lipinski definition) is 6. The van der Waals surface area contributed by atoms with E-state index in [0.29, 0.717) is 28.4 Å². The number of anilines is 2. The molecule has 0 aliphatic heterocycles. The summed E-state index contributed by atoms with van der Waals surface area (Å²) in [4.78, 5) is 20.4. The van der Waals surface area contributed by atoms with E-state index in [-0.39, 0.29) is 0 Å². The topological polar surface area (TPSA) is 119 Å². The third-order valence-electron chi connectivity index (χ3n) is 3.12. The SMILES string of the molecule is CC(C)(C)OC(=O)Nc1ccc(-c2cnc3c(N)n[nH]c3n2)cc1. The lowest BCUT2D eigenvalue weighted by Gasteiger charge is -2.19. The second-order valence-corrected chi connectivity index (χ2v) is 6.27. The van der Waals surface area contributed by atoms with Gasteiger partial charge < -0.3 is 10.5 Å². The number of aromatic amines is 1. The van der Waals surface area contributed by atoms with Crippen molar-refractivity contribution in [1.82, 2.24) is 20.2 Å². The van der Waals surface area contributed by atoms with Crippen LogP contribution in [0.25, 0.3) is 22.4 Å². The summed E-state index contributed by atoms with van der Waals surface area (Å²) in [7, 11) is 0. The molecule has 0 saturated heterocycles. The van der Waals surface area contributed by atoms with Gasteiger partial charge in [0.1, 0.15) is 5.60 Å². The van der Waals surface area contributed by atoms with Gasteiger partial charge in [0.2, 0.25) is 0 Å². The van der Waals surface area contributed by atoms with Crippen molar-refractivity contribution >= 4 is 28.8 Å². The van der Waals surface area contributed by atoms with Crippen molar-refractivity contribution in [3.05, 3.63) is 30.5 Å². The largest absolute Gasteiger partial charge is 0.444 e. The Bertz CT molecular complexity index is 880. The van der Waals surface area contributed by atoms with Crippen LogP contribution in [0.15, 0.2) is 30.5 Å². The van der Waals surface area contributed by atoms with Crippen molar-refractivity contribution < 1.29 is 9.53 Å². The molecule has 0 fully saturated rings. The van der Waals surface area contributed by atoms with E-state index in [9.17, 15) is 4.79 Å². The minimum absolute atomic E-state index is 0.320. The average molecular weight is 326 g/mol. The lowest BCUT2D eigenvalue weighted by Crippen LogP contribution is -2.27. The number of amides is 1. The van der Waals surface area contributed by atoms with Crippen molar-refractivity contribution in [3.63, 3.8) is 0 Å². The summed E-state index contributed by atoms with van der Waals surface area (Å²) >= 11 is 0. The summed E-state index contributed by atoms with van der Waals surface area (Å²) in [5, 5.41) is 9.29. The number of nitrogens with zero attached hydrogens (tertiary/aromatic N) is 3. The van der Waals surface area contributed by atoms with Crippen LogP contribution in [0, 0.1) is 0 Å². The predicted molar refractivity (Wildman–Crippen MR) is 91.4 cm³/mol. The van der Waals surface area contributed by atoms with Crippen LogP contribution < -0.4 is 11.1 Å². The highest BCUT2D eigenvalue weighted by Crippen LogP contribution is 2.22. The monoisotopic (exact) mass is 326 g/mol. The Morgan fingerprint density at radius 3 is 2.62 bits per heavy atom. The van der Waals surface area contributed by atoms with Gasteiger partial charge in [0.05, 0.1) is 11.9 Å². The normalized spacial score (nSPS) is 11.5. The number of nitrogens with one attached hydrogen (secondary N) is 2.